The Morgan fingerprint density at radius 3 is 2.60 bits per heavy atom. The minimum absolute atomic E-state index is 0.172. The van der Waals surface area contributed by atoms with Gasteiger partial charge < -0.3 is 4.74 Å². The first-order valence-electron chi connectivity index (χ1n) is 3.88. The normalized spacial score (nSPS) is 35.3. The molecule has 2 rings (SSSR count). The van der Waals surface area contributed by atoms with E-state index >= 15 is 0 Å². The third kappa shape index (κ3) is 0.911. The van der Waals surface area contributed by atoms with Gasteiger partial charge in [0.2, 0.25) is 0 Å². The fraction of sp³-hybridized carbons (Fsp3) is 0.875. The van der Waals surface area contributed by atoms with Crippen molar-refractivity contribution in [3.05, 3.63) is 0 Å². The molecule has 2 heteroatoms. The van der Waals surface area contributed by atoms with Crippen LogP contribution < -0.4 is 0 Å². The lowest BCUT2D eigenvalue weighted by Gasteiger charge is -2.24. The Morgan fingerprint density at radius 2 is 2.20 bits per heavy atom. The molecule has 2 nitrogen and oxygen atoms in total. The second-order valence-electron chi connectivity index (χ2n) is 3.36. The first kappa shape index (κ1) is 6.18. The smallest absolute Gasteiger partial charge is 0.0698 e. The maximum atomic E-state index is 8.55. The maximum absolute atomic E-state index is 8.55. The van der Waals surface area contributed by atoms with E-state index in [9.17, 15) is 0 Å². The Bertz CT molecular complexity index is 168. The molecule has 1 aliphatic heterocycles. The number of nitrogens with zero attached hydrogens (tertiary/aromatic N) is 1. The number of hydrogen-bond acceptors (Lipinski definition) is 2. The van der Waals surface area contributed by atoms with E-state index in [-0.39, 0.29) is 11.5 Å². The summed E-state index contributed by atoms with van der Waals surface area (Å²) < 4.78 is 5.56. The average Bonchev–Trinajstić information content (AvgIpc) is 2.72. The Balaban J connectivity index is 1.91. The summed E-state index contributed by atoms with van der Waals surface area (Å²) in [4.78, 5) is 0. The molecule has 1 heterocycles. The predicted molar refractivity (Wildman–Crippen MR) is 36.3 cm³/mol. The van der Waals surface area contributed by atoms with E-state index in [2.05, 4.69) is 6.07 Å². The van der Waals surface area contributed by atoms with Crippen molar-refractivity contribution in [1.29, 1.82) is 5.26 Å². The van der Waals surface area contributed by atoms with E-state index in [0.29, 0.717) is 6.61 Å². The molecule has 1 atom stereocenters. The first-order chi connectivity index (χ1) is 4.85. The van der Waals surface area contributed by atoms with Crippen molar-refractivity contribution in [2.45, 2.75) is 31.3 Å². The van der Waals surface area contributed by atoms with E-state index in [4.69, 9.17) is 10.00 Å². The van der Waals surface area contributed by atoms with Crippen LogP contribution in [-0.2, 0) is 4.74 Å². The van der Waals surface area contributed by atoms with Crippen LogP contribution in [0.2, 0.25) is 0 Å². The molecule has 54 valence electrons. The molecule has 0 aromatic rings. The molecule has 1 saturated carbocycles. The molecular formula is C8H11NO. The molecule has 1 unspecified atom stereocenters. The predicted octanol–water partition coefficient (Wildman–Crippen LogP) is 1.47. The fourth-order valence-electron chi connectivity index (χ4n) is 1.51. The van der Waals surface area contributed by atoms with Crippen LogP contribution in [0.4, 0.5) is 0 Å². The number of nitriles is 1. The summed E-state index contributed by atoms with van der Waals surface area (Å²) in [5.41, 5.74) is 0.257. The molecule has 10 heavy (non-hydrogen) atoms. The molecule has 0 aromatic carbocycles. The van der Waals surface area contributed by atoms with Crippen molar-refractivity contribution in [2.24, 2.45) is 5.92 Å². The van der Waals surface area contributed by atoms with Crippen LogP contribution in [0.3, 0.4) is 0 Å². The van der Waals surface area contributed by atoms with Crippen molar-refractivity contribution in [3.8, 4) is 6.07 Å². The summed E-state index contributed by atoms with van der Waals surface area (Å²) in [7, 11) is 0. The Kier molecular flexibility index (Phi) is 1.21. The first-order valence-corrected chi connectivity index (χ1v) is 3.88. The molecule has 1 aliphatic carbocycles. The van der Waals surface area contributed by atoms with Gasteiger partial charge in [-0.1, -0.05) is 0 Å². The van der Waals surface area contributed by atoms with Crippen molar-refractivity contribution < 1.29 is 4.74 Å². The molecule has 0 amide bonds. The quantitative estimate of drug-likeness (QED) is 0.506. The molecule has 1 spiro atoms. The average molecular weight is 137 g/mol. The summed E-state index contributed by atoms with van der Waals surface area (Å²) in [6.45, 7) is 0.677. The van der Waals surface area contributed by atoms with Crippen LogP contribution in [0.5, 0.6) is 0 Å². The zero-order chi connectivity index (χ0) is 7.03. The van der Waals surface area contributed by atoms with Gasteiger partial charge >= 0.3 is 0 Å². The van der Waals surface area contributed by atoms with Crippen molar-refractivity contribution >= 4 is 0 Å². The number of ether oxygens (including phenoxy) is 1. The van der Waals surface area contributed by atoms with Gasteiger partial charge in [-0.25, -0.2) is 0 Å². The van der Waals surface area contributed by atoms with E-state index in [1.165, 1.54) is 12.8 Å². The third-order valence-electron chi connectivity index (χ3n) is 2.53. The van der Waals surface area contributed by atoms with Crippen LogP contribution in [0.1, 0.15) is 25.7 Å². The second kappa shape index (κ2) is 1.96. The molecule has 0 bridgehead atoms. The lowest BCUT2D eigenvalue weighted by atomic mass is 9.99. The Hall–Kier alpha value is -0.550. The van der Waals surface area contributed by atoms with Crippen molar-refractivity contribution in [2.75, 3.05) is 6.61 Å². The molecule has 1 saturated heterocycles. The summed E-state index contributed by atoms with van der Waals surface area (Å²) in [5, 5.41) is 8.55. The summed E-state index contributed by atoms with van der Waals surface area (Å²) in [6, 6.07) is 2.24. The van der Waals surface area contributed by atoms with Gasteiger partial charge in [0.15, 0.2) is 0 Å². The molecule has 2 fully saturated rings. The van der Waals surface area contributed by atoms with Crippen molar-refractivity contribution in [3.63, 3.8) is 0 Å². The summed E-state index contributed by atoms with van der Waals surface area (Å²) in [5.74, 6) is 0.172. The van der Waals surface area contributed by atoms with E-state index in [0.717, 1.165) is 12.8 Å². The molecule has 0 N–H and O–H groups in total. The van der Waals surface area contributed by atoms with E-state index < -0.39 is 0 Å². The molecule has 0 radical (unpaired) electrons. The van der Waals surface area contributed by atoms with Crippen LogP contribution in [-0.4, -0.2) is 12.2 Å². The fourth-order valence-corrected chi connectivity index (χ4v) is 1.51. The van der Waals surface area contributed by atoms with Gasteiger partial charge in [0.05, 0.1) is 24.2 Å². The number of hydrogen-bond donors (Lipinski definition) is 0. The van der Waals surface area contributed by atoms with E-state index in [1.54, 1.807) is 0 Å². The van der Waals surface area contributed by atoms with Gasteiger partial charge in [0, 0.05) is 0 Å². The highest BCUT2D eigenvalue weighted by Gasteiger charge is 2.46. The monoisotopic (exact) mass is 137 g/mol. The Morgan fingerprint density at radius 1 is 1.40 bits per heavy atom. The van der Waals surface area contributed by atoms with Gasteiger partial charge in [-0.2, -0.15) is 5.26 Å². The Labute approximate surface area is 60.8 Å². The zero-order valence-corrected chi connectivity index (χ0v) is 5.97. The third-order valence-corrected chi connectivity index (χ3v) is 2.53. The highest BCUT2D eigenvalue weighted by molar-refractivity contribution is 5.01. The number of rotatable bonds is 0. The van der Waals surface area contributed by atoms with E-state index in [1.807, 2.05) is 0 Å². The largest absolute Gasteiger partial charge is 0.374 e. The summed E-state index contributed by atoms with van der Waals surface area (Å²) in [6.07, 6.45) is 4.62. The van der Waals surface area contributed by atoms with Gasteiger partial charge in [0.1, 0.15) is 0 Å². The van der Waals surface area contributed by atoms with Gasteiger partial charge in [-0.3, -0.25) is 0 Å². The van der Waals surface area contributed by atoms with Crippen LogP contribution in [0, 0.1) is 17.2 Å². The summed E-state index contributed by atoms with van der Waals surface area (Å²) >= 11 is 0. The highest BCUT2D eigenvalue weighted by atomic mass is 16.5. The topological polar surface area (TPSA) is 33.0 Å². The van der Waals surface area contributed by atoms with Gasteiger partial charge in [-0.05, 0) is 25.7 Å². The highest BCUT2D eigenvalue weighted by Crippen LogP contribution is 2.47. The molecular weight excluding hydrogens is 126 g/mol. The van der Waals surface area contributed by atoms with Crippen LogP contribution >= 0.6 is 0 Å². The maximum Gasteiger partial charge on any atom is 0.0698 e. The minimum Gasteiger partial charge on any atom is -0.374 e. The van der Waals surface area contributed by atoms with Gasteiger partial charge in [-0.15, -0.1) is 0 Å². The molecule has 0 aromatic heterocycles. The SMILES string of the molecule is N#CC1CCC2(CC2)OC1. The lowest BCUT2D eigenvalue weighted by Crippen LogP contribution is -2.26. The standard InChI is InChI=1S/C8H11NO/c9-5-7-1-2-8(3-4-8)10-6-7/h7H,1-4,6H2. The van der Waals surface area contributed by atoms with Crippen LogP contribution in [0.25, 0.3) is 0 Å². The van der Waals surface area contributed by atoms with Crippen molar-refractivity contribution in [1.82, 2.24) is 0 Å². The van der Waals surface area contributed by atoms with Crippen LogP contribution in [0.15, 0.2) is 0 Å². The van der Waals surface area contributed by atoms with Gasteiger partial charge in [0.25, 0.3) is 0 Å². The lowest BCUT2D eigenvalue weighted by molar-refractivity contribution is -0.0212. The second-order valence-corrected chi connectivity index (χ2v) is 3.36. The molecule has 2 aliphatic rings. The zero-order valence-electron chi connectivity index (χ0n) is 5.97. The minimum atomic E-state index is 0.172.